The summed E-state index contributed by atoms with van der Waals surface area (Å²) in [6, 6.07) is 23.0. The number of H-pyrrole nitrogens is 1. The van der Waals surface area contributed by atoms with Gasteiger partial charge in [-0.15, -0.1) is 0 Å². The van der Waals surface area contributed by atoms with Crippen LogP contribution < -0.4 is 4.40 Å². The third-order valence-corrected chi connectivity index (χ3v) is 4.36. The van der Waals surface area contributed by atoms with Crippen LogP contribution in [0.3, 0.4) is 0 Å². The summed E-state index contributed by atoms with van der Waals surface area (Å²) in [7, 11) is 0. The average molecular weight is 299 g/mol. The highest BCUT2D eigenvalue weighted by Gasteiger charge is 2.21. The molecule has 0 aliphatic rings. The van der Waals surface area contributed by atoms with Crippen molar-refractivity contribution in [3.05, 3.63) is 72.5 Å². The van der Waals surface area contributed by atoms with Gasteiger partial charge in [-0.2, -0.15) is 4.40 Å². The number of hydrogen-bond donors (Lipinski definition) is 1. The van der Waals surface area contributed by atoms with Crippen LogP contribution in [0, 0.1) is 6.92 Å². The van der Waals surface area contributed by atoms with Crippen LogP contribution >= 0.6 is 0 Å². The summed E-state index contributed by atoms with van der Waals surface area (Å²) >= 11 is 0. The highest BCUT2D eigenvalue weighted by molar-refractivity contribution is 5.96. The van der Waals surface area contributed by atoms with Gasteiger partial charge in [0.05, 0.1) is 5.39 Å². The summed E-state index contributed by atoms with van der Waals surface area (Å²) in [5, 5.41) is 2.40. The Labute approximate surface area is 132 Å². The van der Waals surface area contributed by atoms with Gasteiger partial charge in [-0.25, -0.2) is 4.98 Å². The lowest BCUT2D eigenvalue weighted by Gasteiger charge is -2.02. The highest BCUT2D eigenvalue weighted by Crippen LogP contribution is 2.27. The molecular formula is C20H15N2O+. The Kier molecular flexibility index (Phi) is 2.42. The predicted molar refractivity (Wildman–Crippen MR) is 91.4 cm³/mol. The molecule has 0 fully saturated rings. The fourth-order valence-electron chi connectivity index (χ4n) is 3.32. The van der Waals surface area contributed by atoms with Crippen molar-refractivity contribution < 1.29 is 8.82 Å². The molecule has 0 saturated carbocycles. The van der Waals surface area contributed by atoms with Crippen LogP contribution in [0.2, 0.25) is 0 Å². The van der Waals surface area contributed by atoms with Crippen molar-refractivity contribution in [1.29, 1.82) is 0 Å². The van der Waals surface area contributed by atoms with Gasteiger partial charge in [0.15, 0.2) is 22.5 Å². The molecule has 5 aromatic rings. The maximum atomic E-state index is 5.91. The van der Waals surface area contributed by atoms with Crippen molar-refractivity contribution in [3.8, 4) is 11.5 Å². The van der Waals surface area contributed by atoms with Crippen LogP contribution in [-0.4, -0.2) is 4.98 Å². The molecule has 0 bridgehead atoms. The van der Waals surface area contributed by atoms with E-state index in [-0.39, 0.29) is 0 Å². The maximum absolute atomic E-state index is 5.91. The van der Waals surface area contributed by atoms with E-state index >= 15 is 0 Å². The number of nitrogens with one attached hydrogen (secondary N) is 1. The Morgan fingerprint density at radius 2 is 1.74 bits per heavy atom. The molecule has 3 nitrogen and oxygen atoms in total. The predicted octanol–water partition coefficient (Wildman–Crippen LogP) is 4.63. The molecule has 0 atom stereocenters. The van der Waals surface area contributed by atoms with Gasteiger partial charge in [-0.3, -0.25) is 0 Å². The molecule has 3 heteroatoms. The number of aromatic nitrogens is 2. The van der Waals surface area contributed by atoms with Gasteiger partial charge in [0, 0.05) is 0 Å². The number of furan rings is 1. The molecule has 2 aromatic carbocycles. The molecule has 23 heavy (non-hydrogen) atoms. The Balaban J connectivity index is 2.05. The van der Waals surface area contributed by atoms with Crippen LogP contribution in [0.5, 0.6) is 0 Å². The van der Waals surface area contributed by atoms with Gasteiger partial charge < -0.3 is 4.42 Å². The summed E-state index contributed by atoms with van der Waals surface area (Å²) in [4.78, 5) is 3.56. The molecule has 0 aliphatic heterocycles. The molecule has 0 saturated heterocycles. The Hall–Kier alpha value is -3.07. The van der Waals surface area contributed by atoms with Gasteiger partial charge in [0.1, 0.15) is 5.76 Å². The normalized spacial score (nSPS) is 11.7. The second-order valence-corrected chi connectivity index (χ2v) is 5.85. The fourth-order valence-corrected chi connectivity index (χ4v) is 3.32. The molecule has 0 aliphatic carbocycles. The number of nitrogens with zero attached hydrogens (tertiary/aromatic N) is 1. The first-order valence-electron chi connectivity index (χ1n) is 7.72. The van der Waals surface area contributed by atoms with Crippen molar-refractivity contribution in [3.63, 3.8) is 0 Å². The molecule has 1 N–H and O–H groups in total. The fraction of sp³-hybridized carbons (Fsp3) is 0.0500. The number of rotatable bonds is 1. The van der Waals surface area contributed by atoms with Crippen LogP contribution in [0.4, 0.5) is 0 Å². The van der Waals surface area contributed by atoms with Gasteiger partial charge in [0.2, 0.25) is 0 Å². The minimum atomic E-state index is 0.882. The number of hydrogen-bond acceptors (Lipinski definition) is 1. The largest absolute Gasteiger partial charge is 0.458 e. The smallest absolute Gasteiger partial charge is 0.293 e. The summed E-state index contributed by atoms with van der Waals surface area (Å²) < 4.78 is 8.16. The lowest BCUT2D eigenvalue weighted by atomic mass is 10.1. The number of benzene rings is 2. The third kappa shape index (κ3) is 1.73. The van der Waals surface area contributed by atoms with E-state index in [0.29, 0.717) is 0 Å². The van der Waals surface area contributed by atoms with Crippen LogP contribution in [0.25, 0.3) is 38.9 Å². The zero-order valence-corrected chi connectivity index (χ0v) is 12.7. The first-order chi connectivity index (χ1) is 11.3. The van der Waals surface area contributed by atoms with Crippen molar-refractivity contribution in [2.75, 3.05) is 0 Å². The molecule has 3 aromatic heterocycles. The monoisotopic (exact) mass is 299 g/mol. The van der Waals surface area contributed by atoms with E-state index in [1.54, 1.807) is 0 Å². The van der Waals surface area contributed by atoms with Crippen LogP contribution in [0.15, 0.2) is 71.1 Å². The molecule has 0 amide bonds. The topological polar surface area (TPSA) is 33.0 Å². The molecular weight excluding hydrogens is 284 g/mol. The molecule has 0 radical (unpaired) electrons. The van der Waals surface area contributed by atoms with Gasteiger partial charge in [-0.1, -0.05) is 30.3 Å². The lowest BCUT2D eigenvalue weighted by Crippen LogP contribution is -2.23. The van der Waals surface area contributed by atoms with Gasteiger partial charge >= 0.3 is 0 Å². The summed E-state index contributed by atoms with van der Waals surface area (Å²) in [6.45, 7) is 1.97. The van der Waals surface area contributed by atoms with Crippen molar-refractivity contribution in [2.24, 2.45) is 0 Å². The van der Waals surface area contributed by atoms with E-state index in [2.05, 4.69) is 64.0 Å². The number of pyridine rings is 1. The third-order valence-electron chi connectivity index (χ3n) is 4.36. The number of aromatic amines is 1. The first kappa shape index (κ1) is 12.5. The van der Waals surface area contributed by atoms with E-state index in [1.165, 1.54) is 10.8 Å². The van der Waals surface area contributed by atoms with E-state index in [4.69, 9.17) is 4.42 Å². The Morgan fingerprint density at radius 3 is 2.61 bits per heavy atom. The summed E-state index contributed by atoms with van der Waals surface area (Å²) in [6.07, 6.45) is 0. The van der Waals surface area contributed by atoms with Crippen molar-refractivity contribution in [1.82, 2.24) is 4.98 Å². The zero-order chi connectivity index (χ0) is 15.4. The minimum absolute atomic E-state index is 0.882. The summed E-state index contributed by atoms with van der Waals surface area (Å²) in [5.74, 6) is 1.80. The number of imidazole rings is 1. The molecule has 5 rings (SSSR count). The highest BCUT2D eigenvalue weighted by atomic mass is 16.3. The molecule has 0 spiro atoms. The van der Waals surface area contributed by atoms with Crippen molar-refractivity contribution in [2.45, 2.75) is 6.92 Å². The SMILES string of the molecule is Cc1ccc(-c2cc3ccccc3c3[nH]c4ccccc4[n+]23)o1. The van der Waals surface area contributed by atoms with Crippen molar-refractivity contribution >= 4 is 27.5 Å². The van der Waals surface area contributed by atoms with Crippen LogP contribution in [0.1, 0.15) is 5.76 Å². The number of aryl methyl sites for hydroxylation is 1. The quantitative estimate of drug-likeness (QED) is 0.450. The van der Waals surface area contributed by atoms with E-state index < -0.39 is 0 Å². The zero-order valence-electron chi connectivity index (χ0n) is 12.7. The van der Waals surface area contributed by atoms with E-state index in [9.17, 15) is 0 Å². The Bertz CT molecular complexity index is 1180. The summed E-state index contributed by atoms with van der Waals surface area (Å²) in [5.41, 5.74) is 4.42. The standard InChI is InChI=1S/C20H14N2O/c1-13-10-11-19(23-13)18-12-14-6-2-3-7-15(14)20-21-16-8-4-5-9-17(16)22(18)20/h2-12H,1H3/p+1. The lowest BCUT2D eigenvalue weighted by molar-refractivity contribution is -0.467. The average Bonchev–Trinajstić information content (AvgIpc) is 3.18. The van der Waals surface area contributed by atoms with Crippen LogP contribution in [-0.2, 0) is 0 Å². The molecule has 110 valence electrons. The maximum Gasteiger partial charge on any atom is 0.293 e. The molecule has 0 unspecified atom stereocenters. The molecule has 3 heterocycles. The Morgan fingerprint density at radius 1 is 0.913 bits per heavy atom. The second kappa shape index (κ2) is 4.46. The first-order valence-corrected chi connectivity index (χ1v) is 7.72. The van der Waals surface area contributed by atoms with E-state index in [1.807, 2.05) is 19.1 Å². The van der Waals surface area contributed by atoms with E-state index in [0.717, 1.165) is 33.9 Å². The second-order valence-electron chi connectivity index (χ2n) is 5.85. The number of para-hydroxylation sites is 2. The minimum Gasteiger partial charge on any atom is -0.458 e. The number of fused-ring (bicyclic) bond motifs is 5. The van der Waals surface area contributed by atoms with Gasteiger partial charge in [-0.05, 0) is 48.7 Å². The van der Waals surface area contributed by atoms with Gasteiger partial charge in [0.25, 0.3) is 5.65 Å².